The number of sulfonamides is 2. The Hall–Kier alpha value is -1.52. The maximum absolute atomic E-state index is 13.2. The zero-order valence-corrected chi connectivity index (χ0v) is 30.2. The van der Waals surface area contributed by atoms with Crippen LogP contribution in [0.3, 0.4) is 0 Å². The van der Waals surface area contributed by atoms with Gasteiger partial charge in [0, 0.05) is 51.5 Å². The lowest BCUT2D eigenvalue weighted by molar-refractivity contribution is -0.136. The molecule has 1 atom stereocenters. The molecular formula is C30H40BrCl2N5O6S2. The first-order chi connectivity index (χ1) is 21.8. The van der Waals surface area contributed by atoms with E-state index in [1.54, 1.807) is 16.4 Å². The van der Waals surface area contributed by atoms with Crippen molar-refractivity contribution < 1.29 is 26.7 Å². The predicted molar refractivity (Wildman–Crippen MR) is 181 cm³/mol. The van der Waals surface area contributed by atoms with E-state index in [1.165, 1.54) is 22.6 Å². The van der Waals surface area contributed by atoms with Gasteiger partial charge in [-0.15, -0.1) is 0 Å². The van der Waals surface area contributed by atoms with Gasteiger partial charge in [-0.2, -0.15) is 8.61 Å². The fourth-order valence-corrected chi connectivity index (χ4v) is 10.6. The van der Waals surface area contributed by atoms with Crippen LogP contribution in [0.2, 0.25) is 10.2 Å². The predicted octanol–water partition coefficient (Wildman–Crippen LogP) is 5.08. The first-order valence-corrected chi connectivity index (χ1v) is 20.1. The smallest absolute Gasteiger partial charge is 0.317 e. The molecule has 2 N–H and O–H groups in total. The highest BCUT2D eigenvalue weighted by Gasteiger charge is 2.34. The second-order valence-electron chi connectivity index (χ2n) is 12.4. The van der Waals surface area contributed by atoms with Crippen LogP contribution in [0.4, 0.5) is 5.69 Å². The molecule has 0 aliphatic carbocycles. The Kier molecular flexibility index (Phi) is 11.9. The van der Waals surface area contributed by atoms with Gasteiger partial charge in [0.2, 0.25) is 20.0 Å². The number of nitrogens with one attached hydrogen (secondary N) is 1. The molecule has 46 heavy (non-hydrogen) atoms. The summed E-state index contributed by atoms with van der Waals surface area (Å²) in [5.41, 5.74) is 0.838. The van der Waals surface area contributed by atoms with Crippen molar-refractivity contribution in [1.82, 2.24) is 18.9 Å². The van der Waals surface area contributed by atoms with E-state index < -0.39 is 26.0 Å². The molecule has 0 saturated carbocycles. The summed E-state index contributed by atoms with van der Waals surface area (Å²) < 4.78 is 56.0. The number of rotatable bonds is 12. The molecular weight excluding hydrogens is 741 g/mol. The topological polar surface area (TPSA) is 140 Å². The highest BCUT2D eigenvalue weighted by Crippen LogP contribution is 2.35. The van der Waals surface area contributed by atoms with Crippen molar-refractivity contribution in [3.63, 3.8) is 0 Å². The van der Waals surface area contributed by atoms with E-state index in [-0.39, 0.29) is 34.1 Å². The van der Waals surface area contributed by atoms with E-state index in [0.717, 1.165) is 63.7 Å². The van der Waals surface area contributed by atoms with Crippen LogP contribution in [-0.2, 0) is 24.8 Å². The number of pyridine rings is 1. The van der Waals surface area contributed by atoms with Gasteiger partial charge in [0.05, 0.1) is 26.6 Å². The molecule has 0 bridgehead atoms. The van der Waals surface area contributed by atoms with Crippen LogP contribution in [0.15, 0.2) is 44.7 Å². The van der Waals surface area contributed by atoms with Crippen LogP contribution in [-0.4, -0.2) is 93.4 Å². The number of anilines is 1. The summed E-state index contributed by atoms with van der Waals surface area (Å²) in [4.78, 5) is 17.3. The second kappa shape index (κ2) is 15.4. The summed E-state index contributed by atoms with van der Waals surface area (Å²) in [5, 5.41) is 12.4. The largest absolute Gasteiger partial charge is 0.480 e. The maximum atomic E-state index is 13.2. The second-order valence-corrected chi connectivity index (χ2v) is 17.9. The number of nitrogens with zero attached hydrogens (tertiary/aromatic N) is 4. The monoisotopic (exact) mass is 779 g/mol. The molecule has 4 heterocycles. The number of benzene rings is 1. The zero-order chi connectivity index (χ0) is 33.1. The normalized spacial score (nSPS) is 21.2. The van der Waals surface area contributed by atoms with Crippen LogP contribution in [0, 0.1) is 11.8 Å². The Morgan fingerprint density at radius 1 is 0.891 bits per heavy atom. The van der Waals surface area contributed by atoms with E-state index >= 15 is 0 Å². The molecule has 16 heteroatoms. The van der Waals surface area contributed by atoms with Crippen molar-refractivity contribution in [1.29, 1.82) is 0 Å². The van der Waals surface area contributed by atoms with Crippen molar-refractivity contribution in [2.45, 2.75) is 67.2 Å². The van der Waals surface area contributed by atoms with E-state index in [0.29, 0.717) is 47.4 Å². The number of hydrogen-bond donors (Lipinski definition) is 2. The molecule has 3 fully saturated rings. The van der Waals surface area contributed by atoms with E-state index in [2.05, 4.69) is 31.1 Å². The molecule has 3 aliphatic rings. The van der Waals surface area contributed by atoms with E-state index in [9.17, 15) is 21.6 Å². The Morgan fingerprint density at radius 2 is 1.50 bits per heavy atom. The highest BCUT2D eigenvalue weighted by molar-refractivity contribution is 9.10. The molecule has 0 spiro atoms. The summed E-state index contributed by atoms with van der Waals surface area (Å²) >= 11 is 15.8. The van der Waals surface area contributed by atoms with Gasteiger partial charge in [-0.25, -0.2) is 21.8 Å². The molecule has 254 valence electrons. The number of halogens is 3. The number of carboxylic acid groups (broad SMARTS) is 1. The zero-order valence-electron chi connectivity index (χ0n) is 25.5. The molecule has 11 nitrogen and oxygen atoms in total. The van der Waals surface area contributed by atoms with Crippen LogP contribution in [0.25, 0.3) is 0 Å². The quantitative estimate of drug-likeness (QED) is 0.283. The Morgan fingerprint density at radius 3 is 2.11 bits per heavy atom. The van der Waals surface area contributed by atoms with E-state index in [1.807, 2.05) is 0 Å². The SMILES string of the molecule is O=C(O)CNC1CCN(S(=O)(=O)c2ccc(N3CCC(CCCC4CCN(S(=O)(=O)c5cnc(Cl)c(Br)c5)CC4)CC3)c(Cl)c2)C1. The minimum atomic E-state index is -3.73. The van der Waals surface area contributed by atoms with Crippen LogP contribution in [0.5, 0.6) is 0 Å². The van der Waals surface area contributed by atoms with Crippen LogP contribution in [0.1, 0.15) is 51.4 Å². The van der Waals surface area contributed by atoms with Gasteiger partial charge < -0.3 is 15.3 Å². The van der Waals surface area contributed by atoms with Gasteiger partial charge >= 0.3 is 5.97 Å². The summed E-state index contributed by atoms with van der Waals surface area (Å²) in [6, 6.07) is 6.24. The molecule has 1 aromatic heterocycles. The molecule has 5 rings (SSSR count). The third-order valence-electron chi connectivity index (χ3n) is 9.41. The number of aromatic nitrogens is 1. The Balaban J connectivity index is 1.04. The number of piperidine rings is 2. The van der Waals surface area contributed by atoms with Crippen molar-refractivity contribution in [3.05, 3.63) is 45.1 Å². The van der Waals surface area contributed by atoms with E-state index in [4.69, 9.17) is 28.3 Å². The van der Waals surface area contributed by atoms with Gasteiger partial charge in [-0.05, 0) is 84.1 Å². The highest BCUT2D eigenvalue weighted by atomic mass is 79.9. The first-order valence-electron chi connectivity index (χ1n) is 15.7. The molecule has 3 saturated heterocycles. The van der Waals surface area contributed by atoms with Gasteiger partial charge in [0.1, 0.15) is 10.0 Å². The summed E-state index contributed by atoms with van der Waals surface area (Å²) in [6.07, 6.45) is 8.99. The molecule has 1 aromatic carbocycles. The Labute approximate surface area is 289 Å². The van der Waals surface area contributed by atoms with Crippen LogP contribution < -0.4 is 10.2 Å². The minimum absolute atomic E-state index is 0.147. The lowest BCUT2D eigenvalue weighted by atomic mass is 9.87. The summed E-state index contributed by atoms with van der Waals surface area (Å²) in [6.45, 7) is 3.08. The van der Waals surface area contributed by atoms with Crippen molar-refractivity contribution >= 4 is 70.8 Å². The summed E-state index contributed by atoms with van der Waals surface area (Å²) in [7, 11) is -7.33. The number of aliphatic carboxylic acids is 1. The van der Waals surface area contributed by atoms with Gasteiger partial charge in [0.25, 0.3) is 0 Å². The lowest BCUT2D eigenvalue weighted by Gasteiger charge is -2.35. The molecule has 0 radical (unpaired) electrons. The Bertz CT molecular complexity index is 1620. The summed E-state index contributed by atoms with van der Waals surface area (Å²) in [5.74, 6) is 0.158. The number of carboxylic acids is 1. The van der Waals surface area contributed by atoms with Gasteiger partial charge in [0.15, 0.2) is 0 Å². The third-order valence-corrected chi connectivity index (χ3v) is 14.6. The maximum Gasteiger partial charge on any atom is 0.317 e. The first kappa shape index (κ1) is 35.8. The van der Waals surface area contributed by atoms with Crippen molar-refractivity contribution in [2.75, 3.05) is 50.7 Å². The minimum Gasteiger partial charge on any atom is -0.480 e. The molecule has 0 amide bonds. The standard InChI is InChI=1S/C30H40BrCl2N5O6S2/c31-26-16-25(18-35-30(26)33)46(43,44)37-13-8-22(9-14-37)3-1-2-21-6-11-36(12-7-21)28-5-4-24(17-27(28)32)45(41,42)38-15-10-23(20-38)34-19-29(39)40/h4-5,16-18,21-23,34H,1-3,6-15,19-20H2,(H,39,40). The van der Waals surface area contributed by atoms with Gasteiger partial charge in [-0.1, -0.05) is 42.5 Å². The fourth-order valence-electron chi connectivity index (χ4n) is 6.69. The third kappa shape index (κ3) is 8.55. The van der Waals surface area contributed by atoms with Crippen LogP contribution >= 0.6 is 39.1 Å². The molecule has 2 aromatic rings. The molecule has 3 aliphatic heterocycles. The van der Waals surface area contributed by atoms with Gasteiger partial charge in [-0.3, -0.25) is 4.79 Å². The lowest BCUT2D eigenvalue weighted by Crippen LogP contribution is -2.38. The average molecular weight is 782 g/mol. The van der Waals surface area contributed by atoms with Crippen molar-refractivity contribution in [2.24, 2.45) is 11.8 Å². The van der Waals surface area contributed by atoms with Crippen molar-refractivity contribution in [3.8, 4) is 0 Å². The molecule has 1 unspecified atom stereocenters. The fraction of sp³-hybridized carbons (Fsp3) is 0.600. The number of hydrogen-bond acceptors (Lipinski definition) is 8. The number of carbonyl (C=O) groups is 1. The average Bonchev–Trinajstić information content (AvgIpc) is 3.52.